The van der Waals surface area contributed by atoms with Crippen LogP contribution in [0.1, 0.15) is 51.2 Å². The normalized spacial score (nSPS) is 30.7. The molecule has 3 heteroatoms. The zero-order valence-corrected chi connectivity index (χ0v) is 12.9. The molecule has 1 aromatic carbocycles. The van der Waals surface area contributed by atoms with Gasteiger partial charge in [-0.3, -0.25) is 0 Å². The number of aliphatic hydroxyl groups excluding tert-OH is 1. The molecule has 1 saturated heterocycles. The van der Waals surface area contributed by atoms with Crippen molar-refractivity contribution in [1.82, 2.24) is 0 Å². The van der Waals surface area contributed by atoms with Crippen molar-refractivity contribution in [2.75, 3.05) is 0 Å². The number of aliphatic hydroxyl groups is 1. The Labute approximate surface area is 121 Å². The predicted octanol–water partition coefficient (Wildman–Crippen LogP) is 3.46. The highest BCUT2D eigenvalue weighted by atomic mass is 16.7. The summed E-state index contributed by atoms with van der Waals surface area (Å²) in [7, 11) is 0. The Bertz CT molecular complexity index is 413. The maximum absolute atomic E-state index is 9.94. The summed E-state index contributed by atoms with van der Waals surface area (Å²) in [6.45, 7) is 8.41. The van der Waals surface area contributed by atoms with E-state index in [0.29, 0.717) is 12.3 Å². The van der Waals surface area contributed by atoms with Gasteiger partial charge in [-0.1, -0.05) is 52.0 Å². The van der Waals surface area contributed by atoms with Crippen LogP contribution in [0.4, 0.5) is 0 Å². The van der Waals surface area contributed by atoms with E-state index in [4.69, 9.17) is 9.47 Å². The summed E-state index contributed by atoms with van der Waals surface area (Å²) in [5.41, 5.74) is 2.51. The number of benzene rings is 1. The van der Waals surface area contributed by atoms with E-state index >= 15 is 0 Å². The highest BCUT2D eigenvalue weighted by Gasteiger charge is 2.34. The molecule has 4 unspecified atom stereocenters. The second-order valence-corrected chi connectivity index (χ2v) is 6.00. The van der Waals surface area contributed by atoms with Gasteiger partial charge < -0.3 is 14.6 Å². The van der Waals surface area contributed by atoms with Crippen LogP contribution < -0.4 is 0 Å². The maximum Gasteiger partial charge on any atom is 0.165 e. The van der Waals surface area contributed by atoms with Gasteiger partial charge in [0, 0.05) is 12.3 Å². The molecule has 1 aliphatic rings. The first-order valence-electron chi connectivity index (χ1n) is 7.59. The molecule has 1 N–H and O–H groups in total. The van der Waals surface area contributed by atoms with E-state index in [9.17, 15) is 5.11 Å². The highest BCUT2D eigenvalue weighted by Crippen LogP contribution is 2.27. The van der Waals surface area contributed by atoms with Gasteiger partial charge in [-0.2, -0.15) is 0 Å². The van der Waals surface area contributed by atoms with Gasteiger partial charge in [0.15, 0.2) is 12.6 Å². The number of rotatable bonds is 4. The molecule has 3 nitrogen and oxygen atoms in total. The first-order valence-corrected chi connectivity index (χ1v) is 7.59. The summed E-state index contributed by atoms with van der Waals surface area (Å²) in [5.74, 6) is 0.568. The van der Waals surface area contributed by atoms with Gasteiger partial charge in [-0.15, -0.1) is 0 Å². The Kier molecular flexibility index (Phi) is 5.19. The minimum Gasteiger partial charge on any atom is -0.368 e. The summed E-state index contributed by atoms with van der Waals surface area (Å²) in [5, 5.41) is 9.94. The molecule has 4 atom stereocenters. The molecule has 0 saturated carbocycles. The van der Waals surface area contributed by atoms with Gasteiger partial charge in [0.05, 0.1) is 6.10 Å². The van der Waals surface area contributed by atoms with E-state index < -0.39 is 6.29 Å². The SMILES string of the molecule is CCC1OC(Cc2ccc(C(C)C)cc2)OC(O)C1C. The van der Waals surface area contributed by atoms with Crippen molar-refractivity contribution in [3.63, 3.8) is 0 Å². The summed E-state index contributed by atoms with van der Waals surface area (Å²) in [4.78, 5) is 0. The minimum atomic E-state index is -0.728. The lowest BCUT2D eigenvalue weighted by molar-refractivity contribution is -0.317. The van der Waals surface area contributed by atoms with Crippen molar-refractivity contribution in [3.05, 3.63) is 35.4 Å². The second-order valence-electron chi connectivity index (χ2n) is 6.00. The summed E-state index contributed by atoms with van der Waals surface area (Å²) >= 11 is 0. The van der Waals surface area contributed by atoms with Gasteiger partial charge in [0.1, 0.15) is 0 Å². The molecule has 0 bridgehead atoms. The van der Waals surface area contributed by atoms with Crippen molar-refractivity contribution in [3.8, 4) is 0 Å². The summed E-state index contributed by atoms with van der Waals surface area (Å²) in [6, 6.07) is 8.54. The van der Waals surface area contributed by atoms with Crippen LogP contribution in [-0.4, -0.2) is 23.8 Å². The Morgan fingerprint density at radius 3 is 2.35 bits per heavy atom. The topological polar surface area (TPSA) is 38.7 Å². The molecule has 20 heavy (non-hydrogen) atoms. The third-order valence-corrected chi connectivity index (χ3v) is 4.11. The molecule has 1 aromatic rings. The van der Waals surface area contributed by atoms with Crippen LogP contribution in [-0.2, 0) is 15.9 Å². The summed E-state index contributed by atoms with van der Waals surface area (Å²) < 4.78 is 11.5. The highest BCUT2D eigenvalue weighted by molar-refractivity contribution is 5.25. The van der Waals surface area contributed by atoms with Crippen LogP contribution >= 0.6 is 0 Å². The average Bonchev–Trinajstić information content (AvgIpc) is 2.43. The van der Waals surface area contributed by atoms with Crippen LogP contribution in [0.5, 0.6) is 0 Å². The van der Waals surface area contributed by atoms with Crippen molar-refractivity contribution < 1.29 is 14.6 Å². The lowest BCUT2D eigenvalue weighted by atomic mass is 9.99. The quantitative estimate of drug-likeness (QED) is 0.916. The van der Waals surface area contributed by atoms with Gasteiger partial charge >= 0.3 is 0 Å². The standard InChI is InChI=1S/C17H26O3/c1-5-15-12(4)17(18)20-16(19-15)10-13-6-8-14(9-7-13)11(2)3/h6-9,11-12,15-18H,5,10H2,1-4H3. The van der Waals surface area contributed by atoms with E-state index in [2.05, 4.69) is 45.0 Å². The first kappa shape index (κ1) is 15.5. The second kappa shape index (κ2) is 6.70. The molecule has 0 amide bonds. The van der Waals surface area contributed by atoms with Crippen LogP contribution in [0.25, 0.3) is 0 Å². The minimum absolute atomic E-state index is 0.0274. The zero-order chi connectivity index (χ0) is 14.7. The van der Waals surface area contributed by atoms with E-state index in [1.54, 1.807) is 0 Å². The molecular weight excluding hydrogens is 252 g/mol. The lowest BCUT2D eigenvalue weighted by Gasteiger charge is -2.38. The molecule has 0 spiro atoms. The number of hydrogen-bond acceptors (Lipinski definition) is 3. The predicted molar refractivity (Wildman–Crippen MR) is 79.4 cm³/mol. The molecular formula is C17H26O3. The third-order valence-electron chi connectivity index (χ3n) is 4.11. The third kappa shape index (κ3) is 3.60. The monoisotopic (exact) mass is 278 g/mol. The van der Waals surface area contributed by atoms with Crippen LogP contribution in [0.3, 0.4) is 0 Å². The Balaban J connectivity index is 1.99. The van der Waals surface area contributed by atoms with E-state index in [1.165, 1.54) is 11.1 Å². The summed E-state index contributed by atoms with van der Waals surface area (Å²) in [6.07, 6.45) is 0.562. The largest absolute Gasteiger partial charge is 0.368 e. The number of hydrogen-bond donors (Lipinski definition) is 1. The molecule has 1 fully saturated rings. The fourth-order valence-corrected chi connectivity index (χ4v) is 2.61. The molecule has 1 aliphatic heterocycles. The molecule has 0 radical (unpaired) electrons. The molecule has 112 valence electrons. The van der Waals surface area contributed by atoms with Gasteiger partial charge in [0.25, 0.3) is 0 Å². The Hall–Kier alpha value is -0.900. The molecule has 1 heterocycles. The Morgan fingerprint density at radius 2 is 1.80 bits per heavy atom. The van der Waals surface area contributed by atoms with Crippen molar-refractivity contribution in [2.45, 2.75) is 65.1 Å². The number of ether oxygens (including phenoxy) is 2. The molecule has 2 rings (SSSR count). The fraction of sp³-hybridized carbons (Fsp3) is 0.647. The zero-order valence-electron chi connectivity index (χ0n) is 12.9. The van der Waals surface area contributed by atoms with Crippen molar-refractivity contribution in [1.29, 1.82) is 0 Å². The van der Waals surface area contributed by atoms with Gasteiger partial charge in [-0.05, 0) is 23.5 Å². The maximum atomic E-state index is 9.94. The van der Waals surface area contributed by atoms with Crippen molar-refractivity contribution >= 4 is 0 Å². The fourth-order valence-electron chi connectivity index (χ4n) is 2.61. The molecule has 0 aromatic heterocycles. The first-order chi connectivity index (χ1) is 9.51. The van der Waals surface area contributed by atoms with Crippen LogP contribution in [0.15, 0.2) is 24.3 Å². The van der Waals surface area contributed by atoms with Crippen molar-refractivity contribution in [2.24, 2.45) is 5.92 Å². The van der Waals surface area contributed by atoms with Crippen LogP contribution in [0, 0.1) is 5.92 Å². The van der Waals surface area contributed by atoms with Gasteiger partial charge in [-0.25, -0.2) is 0 Å². The van der Waals surface area contributed by atoms with Gasteiger partial charge in [0.2, 0.25) is 0 Å². The lowest BCUT2D eigenvalue weighted by Crippen LogP contribution is -2.45. The van der Waals surface area contributed by atoms with E-state index in [0.717, 1.165) is 6.42 Å². The molecule has 0 aliphatic carbocycles. The van der Waals surface area contributed by atoms with Crippen LogP contribution in [0.2, 0.25) is 0 Å². The van der Waals surface area contributed by atoms with E-state index in [-0.39, 0.29) is 18.3 Å². The smallest absolute Gasteiger partial charge is 0.165 e. The van der Waals surface area contributed by atoms with E-state index in [1.807, 2.05) is 6.92 Å². The Morgan fingerprint density at radius 1 is 1.15 bits per heavy atom. The average molecular weight is 278 g/mol.